The fourth-order valence-corrected chi connectivity index (χ4v) is 4.84. The first-order valence-electron chi connectivity index (χ1n) is 12.9. The van der Waals surface area contributed by atoms with Crippen LogP contribution in [0.3, 0.4) is 0 Å². The number of hydrogen-bond donors (Lipinski definition) is 0. The first-order chi connectivity index (χ1) is 18.3. The zero-order chi connectivity index (χ0) is 25.3. The number of ether oxygens (including phenoxy) is 4. The van der Waals surface area contributed by atoms with Crippen molar-refractivity contribution in [3.63, 3.8) is 0 Å². The number of fused-ring (bicyclic) bond motifs is 1. The second-order valence-corrected chi connectivity index (χ2v) is 9.43. The summed E-state index contributed by atoms with van der Waals surface area (Å²) in [6.45, 7) is 6.02. The molecule has 1 saturated heterocycles. The molecule has 0 unspecified atom stereocenters. The lowest BCUT2D eigenvalue weighted by atomic mass is 9.97. The third-order valence-corrected chi connectivity index (χ3v) is 6.84. The molecule has 0 radical (unpaired) electrons. The normalized spacial score (nSPS) is 21.6. The van der Waals surface area contributed by atoms with Gasteiger partial charge in [-0.15, -0.1) is 6.58 Å². The summed E-state index contributed by atoms with van der Waals surface area (Å²) in [5.74, 6) is 0. The van der Waals surface area contributed by atoms with Gasteiger partial charge in [0, 0.05) is 6.42 Å². The summed E-state index contributed by atoms with van der Waals surface area (Å²) in [5, 5.41) is 2.42. The van der Waals surface area contributed by atoms with Gasteiger partial charge in [-0.3, -0.25) is 0 Å². The molecule has 1 aliphatic rings. The summed E-state index contributed by atoms with van der Waals surface area (Å²) in [7, 11) is 0. The molecule has 4 nitrogen and oxygen atoms in total. The Morgan fingerprint density at radius 1 is 0.703 bits per heavy atom. The second kappa shape index (κ2) is 12.8. The highest BCUT2D eigenvalue weighted by atomic mass is 16.6. The minimum absolute atomic E-state index is 0.162. The summed E-state index contributed by atoms with van der Waals surface area (Å²) < 4.78 is 25.4. The maximum Gasteiger partial charge on any atom is 0.108 e. The second-order valence-electron chi connectivity index (χ2n) is 9.43. The van der Waals surface area contributed by atoms with E-state index in [9.17, 15) is 0 Å². The molecule has 0 aliphatic carbocycles. The van der Waals surface area contributed by atoms with Gasteiger partial charge in [-0.05, 0) is 27.5 Å². The zero-order valence-electron chi connectivity index (χ0n) is 21.1. The van der Waals surface area contributed by atoms with Crippen molar-refractivity contribution in [2.24, 2.45) is 0 Å². The van der Waals surface area contributed by atoms with E-state index in [1.54, 1.807) is 0 Å². The number of benzene rings is 4. The van der Waals surface area contributed by atoms with Crippen molar-refractivity contribution in [3.05, 3.63) is 132 Å². The molecule has 0 saturated carbocycles. The first kappa shape index (κ1) is 25.4. The molecule has 5 rings (SSSR count). The average Bonchev–Trinajstić information content (AvgIpc) is 2.96. The van der Waals surface area contributed by atoms with Crippen LogP contribution in [0.15, 0.2) is 116 Å². The third kappa shape index (κ3) is 6.73. The maximum absolute atomic E-state index is 6.47. The molecule has 0 spiro atoms. The van der Waals surface area contributed by atoms with E-state index in [0.29, 0.717) is 32.8 Å². The molecule has 0 bridgehead atoms. The van der Waals surface area contributed by atoms with Crippen molar-refractivity contribution in [2.45, 2.75) is 50.7 Å². The van der Waals surface area contributed by atoms with Gasteiger partial charge in [0.15, 0.2) is 0 Å². The fraction of sp³-hybridized carbons (Fsp3) is 0.273. The third-order valence-electron chi connectivity index (χ3n) is 6.84. The summed E-state index contributed by atoms with van der Waals surface area (Å²) >= 11 is 0. The summed E-state index contributed by atoms with van der Waals surface area (Å²) in [4.78, 5) is 0. The van der Waals surface area contributed by atoms with Crippen molar-refractivity contribution >= 4 is 10.8 Å². The Morgan fingerprint density at radius 2 is 1.35 bits per heavy atom. The van der Waals surface area contributed by atoms with Gasteiger partial charge in [0.2, 0.25) is 0 Å². The Balaban J connectivity index is 1.26. The number of hydrogen-bond acceptors (Lipinski definition) is 4. The van der Waals surface area contributed by atoms with Gasteiger partial charge in [-0.2, -0.15) is 0 Å². The predicted molar refractivity (Wildman–Crippen MR) is 147 cm³/mol. The minimum Gasteiger partial charge on any atom is -0.374 e. The molecule has 4 aromatic carbocycles. The van der Waals surface area contributed by atoms with E-state index in [4.69, 9.17) is 18.9 Å². The van der Waals surface area contributed by atoms with Crippen LogP contribution in [0.25, 0.3) is 10.8 Å². The lowest BCUT2D eigenvalue weighted by Gasteiger charge is -2.40. The van der Waals surface area contributed by atoms with E-state index >= 15 is 0 Å². The Hall–Kier alpha value is -3.28. The standard InChI is InChI=1S/C33H34O4/c1-2-30-31(36-23-28-18-11-17-27-16-9-10-19-29(27)28)20-32(35-22-26-14-7-4-8-15-26)33(37-30)24-34-21-25-12-5-3-6-13-25/h2-19,30-33H,1,20-24H2/t30-,31+,32-,33+/m0/s1. The van der Waals surface area contributed by atoms with E-state index in [1.807, 2.05) is 42.5 Å². The van der Waals surface area contributed by atoms with Gasteiger partial charge in [-0.25, -0.2) is 0 Å². The van der Waals surface area contributed by atoms with Gasteiger partial charge in [0.05, 0.1) is 38.6 Å². The van der Waals surface area contributed by atoms with Crippen molar-refractivity contribution in [1.29, 1.82) is 0 Å². The van der Waals surface area contributed by atoms with Crippen LogP contribution in [0.4, 0.5) is 0 Å². The highest BCUT2D eigenvalue weighted by molar-refractivity contribution is 5.85. The first-order valence-corrected chi connectivity index (χ1v) is 12.9. The molecule has 1 aliphatic heterocycles. The van der Waals surface area contributed by atoms with Gasteiger partial charge < -0.3 is 18.9 Å². The van der Waals surface area contributed by atoms with Crippen molar-refractivity contribution < 1.29 is 18.9 Å². The zero-order valence-corrected chi connectivity index (χ0v) is 21.1. The summed E-state index contributed by atoms with van der Waals surface area (Å²) in [6.07, 6.45) is 1.76. The van der Waals surface area contributed by atoms with E-state index in [0.717, 1.165) is 16.7 Å². The molecule has 37 heavy (non-hydrogen) atoms. The Kier molecular flexibility index (Phi) is 8.78. The van der Waals surface area contributed by atoms with Crippen LogP contribution in [0.2, 0.25) is 0 Å². The van der Waals surface area contributed by atoms with Crippen LogP contribution in [0, 0.1) is 0 Å². The number of rotatable bonds is 11. The van der Waals surface area contributed by atoms with Gasteiger partial charge in [0.1, 0.15) is 12.2 Å². The largest absolute Gasteiger partial charge is 0.374 e. The fourth-order valence-electron chi connectivity index (χ4n) is 4.84. The van der Waals surface area contributed by atoms with Crippen LogP contribution in [0.1, 0.15) is 23.1 Å². The maximum atomic E-state index is 6.47. The van der Waals surface area contributed by atoms with Crippen LogP contribution in [-0.2, 0) is 38.8 Å². The molecule has 190 valence electrons. The molecule has 4 atom stereocenters. The SMILES string of the molecule is C=C[C@@H]1O[C@H](COCc2ccccc2)[C@@H](OCc2ccccc2)C[C@H]1OCc1cccc2ccccc12. The highest BCUT2D eigenvalue weighted by Crippen LogP contribution is 2.29. The minimum atomic E-state index is -0.239. The molecule has 0 amide bonds. The van der Waals surface area contributed by atoms with Gasteiger partial charge >= 0.3 is 0 Å². The molecule has 4 aromatic rings. The van der Waals surface area contributed by atoms with Crippen LogP contribution < -0.4 is 0 Å². The van der Waals surface area contributed by atoms with E-state index in [1.165, 1.54) is 10.8 Å². The predicted octanol–water partition coefficient (Wildman–Crippen LogP) is 6.87. The topological polar surface area (TPSA) is 36.9 Å². The lowest BCUT2D eigenvalue weighted by Crippen LogP contribution is -2.50. The molecular formula is C33H34O4. The smallest absolute Gasteiger partial charge is 0.108 e. The van der Waals surface area contributed by atoms with E-state index < -0.39 is 0 Å². The van der Waals surface area contributed by atoms with Crippen LogP contribution in [0.5, 0.6) is 0 Å². The van der Waals surface area contributed by atoms with Crippen LogP contribution >= 0.6 is 0 Å². The van der Waals surface area contributed by atoms with Crippen molar-refractivity contribution in [3.8, 4) is 0 Å². The molecule has 4 heteroatoms. The lowest BCUT2D eigenvalue weighted by molar-refractivity contribution is -0.202. The summed E-state index contributed by atoms with van der Waals surface area (Å²) in [5.41, 5.74) is 3.43. The van der Waals surface area contributed by atoms with Gasteiger partial charge in [0.25, 0.3) is 0 Å². The molecule has 1 fully saturated rings. The van der Waals surface area contributed by atoms with Crippen LogP contribution in [-0.4, -0.2) is 31.0 Å². The quantitative estimate of drug-likeness (QED) is 0.213. The molecular weight excluding hydrogens is 460 g/mol. The highest BCUT2D eigenvalue weighted by Gasteiger charge is 2.38. The monoisotopic (exact) mass is 494 g/mol. The molecule has 0 N–H and O–H groups in total. The van der Waals surface area contributed by atoms with Crippen molar-refractivity contribution in [1.82, 2.24) is 0 Å². The Labute approximate surface area is 219 Å². The average molecular weight is 495 g/mol. The Morgan fingerprint density at radius 3 is 2.11 bits per heavy atom. The molecule has 0 aromatic heterocycles. The van der Waals surface area contributed by atoms with Gasteiger partial charge in [-0.1, -0.05) is 109 Å². The summed E-state index contributed by atoms with van der Waals surface area (Å²) in [6, 6.07) is 35.1. The Bertz CT molecular complexity index is 1250. The van der Waals surface area contributed by atoms with E-state index in [-0.39, 0.29) is 24.4 Å². The van der Waals surface area contributed by atoms with E-state index in [2.05, 4.69) is 73.3 Å². The van der Waals surface area contributed by atoms with Crippen molar-refractivity contribution in [2.75, 3.05) is 6.61 Å². The molecule has 1 heterocycles.